The summed E-state index contributed by atoms with van der Waals surface area (Å²) in [6.45, 7) is 4.81. The van der Waals surface area contributed by atoms with Crippen molar-refractivity contribution in [1.29, 1.82) is 0 Å². The molecule has 0 fully saturated rings. The van der Waals surface area contributed by atoms with Crippen LogP contribution in [0, 0.1) is 6.92 Å². The van der Waals surface area contributed by atoms with Crippen molar-refractivity contribution in [2.75, 3.05) is 7.11 Å². The molecule has 0 amide bonds. The van der Waals surface area contributed by atoms with Gasteiger partial charge in [0.1, 0.15) is 17.1 Å². The summed E-state index contributed by atoms with van der Waals surface area (Å²) in [5.74, 6) is 2.48. The first kappa shape index (κ1) is 15.7. The van der Waals surface area contributed by atoms with Gasteiger partial charge >= 0.3 is 0 Å². The number of hydrogen-bond donors (Lipinski definition) is 1. The summed E-state index contributed by atoms with van der Waals surface area (Å²) in [7, 11) is 1.67. The number of nitrogens with zero attached hydrogens (tertiary/aromatic N) is 3. The van der Waals surface area contributed by atoms with Crippen LogP contribution in [0.15, 0.2) is 47.3 Å². The molecule has 128 valence electrons. The van der Waals surface area contributed by atoms with Crippen molar-refractivity contribution in [3.63, 3.8) is 0 Å². The summed E-state index contributed by atoms with van der Waals surface area (Å²) in [6.07, 6.45) is 5.67. The van der Waals surface area contributed by atoms with Crippen LogP contribution in [0.3, 0.4) is 0 Å². The molecule has 0 aliphatic rings. The Bertz CT molecular complexity index is 1000. The second-order valence-electron chi connectivity index (χ2n) is 6.12. The molecular formula is C19H20N4O2. The van der Waals surface area contributed by atoms with Crippen LogP contribution >= 0.6 is 0 Å². The van der Waals surface area contributed by atoms with Gasteiger partial charge in [-0.1, -0.05) is 0 Å². The Morgan fingerprint density at radius 1 is 1.36 bits per heavy atom. The van der Waals surface area contributed by atoms with Crippen molar-refractivity contribution in [1.82, 2.24) is 19.7 Å². The van der Waals surface area contributed by atoms with Gasteiger partial charge in [0, 0.05) is 36.1 Å². The first-order chi connectivity index (χ1) is 12.2. The number of hydrogen-bond acceptors (Lipinski definition) is 5. The van der Waals surface area contributed by atoms with Gasteiger partial charge in [-0.25, -0.2) is 9.97 Å². The maximum atomic E-state index is 6.05. The first-order valence-electron chi connectivity index (χ1n) is 8.24. The Hall–Kier alpha value is -2.86. The van der Waals surface area contributed by atoms with E-state index < -0.39 is 0 Å². The van der Waals surface area contributed by atoms with E-state index in [9.17, 15) is 0 Å². The molecule has 0 saturated carbocycles. The summed E-state index contributed by atoms with van der Waals surface area (Å²) in [5.41, 5.74) is 2.95. The van der Waals surface area contributed by atoms with E-state index in [2.05, 4.69) is 29.1 Å². The molecular weight excluding hydrogens is 316 g/mol. The Morgan fingerprint density at radius 3 is 3.04 bits per heavy atom. The minimum absolute atomic E-state index is 0.0659. The smallest absolute Gasteiger partial charge is 0.233 e. The van der Waals surface area contributed by atoms with Crippen LogP contribution < -0.4 is 10.1 Å². The second-order valence-corrected chi connectivity index (χ2v) is 6.12. The zero-order valence-corrected chi connectivity index (χ0v) is 14.5. The molecule has 0 bridgehead atoms. The monoisotopic (exact) mass is 336 g/mol. The van der Waals surface area contributed by atoms with Crippen molar-refractivity contribution < 1.29 is 9.15 Å². The van der Waals surface area contributed by atoms with Crippen molar-refractivity contribution >= 4 is 16.7 Å². The van der Waals surface area contributed by atoms with E-state index in [0.29, 0.717) is 12.3 Å². The highest BCUT2D eigenvalue weighted by Crippen LogP contribution is 2.31. The number of furan rings is 1. The highest BCUT2D eigenvalue weighted by molar-refractivity contribution is 5.83. The molecule has 0 saturated heterocycles. The molecule has 3 aromatic heterocycles. The van der Waals surface area contributed by atoms with Crippen molar-refractivity contribution in [2.45, 2.75) is 26.4 Å². The number of rotatable bonds is 5. The third kappa shape index (κ3) is 2.85. The molecule has 6 nitrogen and oxygen atoms in total. The Kier molecular flexibility index (Phi) is 3.89. The van der Waals surface area contributed by atoms with Gasteiger partial charge in [0.15, 0.2) is 0 Å². The second kappa shape index (κ2) is 6.22. The normalized spacial score (nSPS) is 12.8. The lowest BCUT2D eigenvalue weighted by molar-refractivity contribution is 0.415. The number of benzene rings is 1. The van der Waals surface area contributed by atoms with E-state index in [1.54, 1.807) is 13.3 Å². The van der Waals surface area contributed by atoms with E-state index in [4.69, 9.17) is 9.15 Å². The van der Waals surface area contributed by atoms with Gasteiger partial charge in [-0.2, -0.15) is 0 Å². The summed E-state index contributed by atoms with van der Waals surface area (Å²) >= 11 is 0. The minimum Gasteiger partial charge on any atom is -0.497 e. The molecule has 25 heavy (non-hydrogen) atoms. The third-order valence-electron chi connectivity index (χ3n) is 4.45. The van der Waals surface area contributed by atoms with E-state index >= 15 is 0 Å². The van der Waals surface area contributed by atoms with E-state index in [0.717, 1.165) is 33.7 Å². The van der Waals surface area contributed by atoms with Crippen LogP contribution in [0.5, 0.6) is 5.75 Å². The molecule has 0 spiro atoms. The van der Waals surface area contributed by atoms with E-state index in [1.165, 1.54) is 0 Å². The number of fused-ring (bicyclic) bond motifs is 2. The SMILES string of the molecule is COc1ccc2oc([C@H](C)NCc3cn4cccnc4n3)c(C)c2c1. The summed E-state index contributed by atoms with van der Waals surface area (Å²) < 4.78 is 13.3. The number of methoxy groups -OCH3 is 1. The lowest BCUT2D eigenvalue weighted by Crippen LogP contribution is -2.18. The highest BCUT2D eigenvalue weighted by Gasteiger charge is 2.17. The molecule has 6 heteroatoms. The van der Waals surface area contributed by atoms with Crippen LogP contribution in [0.1, 0.15) is 30.0 Å². The predicted molar refractivity (Wildman–Crippen MR) is 95.7 cm³/mol. The van der Waals surface area contributed by atoms with Gasteiger partial charge in [0.25, 0.3) is 0 Å². The summed E-state index contributed by atoms with van der Waals surface area (Å²) in [6, 6.07) is 7.83. The van der Waals surface area contributed by atoms with Crippen molar-refractivity contribution in [2.24, 2.45) is 0 Å². The molecule has 0 aliphatic heterocycles. The van der Waals surface area contributed by atoms with Gasteiger partial charge in [-0.3, -0.25) is 4.40 Å². The molecule has 1 atom stereocenters. The number of aromatic nitrogens is 3. The van der Waals surface area contributed by atoms with Crippen LogP contribution in [0.25, 0.3) is 16.7 Å². The summed E-state index contributed by atoms with van der Waals surface area (Å²) in [4.78, 5) is 8.75. The van der Waals surface area contributed by atoms with Crippen molar-refractivity contribution in [3.05, 3.63) is 59.9 Å². The van der Waals surface area contributed by atoms with Crippen molar-refractivity contribution in [3.8, 4) is 5.75 Å². The molecule has 4 aromatic rings. The molecule has 4 rings (SSSR count). The highest BCUT2D eigenvalue weighted by atomic mass is 16.5. The fourth-order valence-electron chi connectivity index (χ4n) is 3.07. The Labute approximate surface area is 145 Å². The quantitative estimate of drug-likeness (QED) is 0.603. The standard InChI is InChI=1S/C19H20N4O2/c1-12-16-9-15(24-3)5-6-17(16)25-18(12)13(2)21-10-14-11-23-8-4-7-20-19(23)22-14/h4-9,11,13,21H,10H2,1-3H3/t13-/m0/s1. The first-order valence-corrected chi connectivity index (χ1v) is 8.24. The van der Waals surface area contributed by atoms with Gasteiger partial charge in [0.05, 0.1) is 18.8 Å². The maximum absolute atomic E-state index is 6.05. The maximum Gasteiger partial charge on any atom is 0.233 e. The molecule has 0 radical (unpaired) electrons. The third-order valence-corrected chi connectivity index (χ3v) is 4.45. The Balaban J connectivity index is 1.55. The predicted octanol–water partition coefficient (Wildman–Crippen LogP) is 3.64. The lowest BCUT2D eigenvalue weighted by atomic mass is 10.1. The zero-order chi connectivity index (χ0) is 17.4. The largest absolute Gasteiger partial charge is 0.497 e. The molecule has 3 heterocycles. The van der Waals surface area contributed by atoms with E-state index in [-0.39, 0.29) is 6.04 Å². The van der Waals surface area contributed by atoms with Crippen LogP contribution in [-0.4, -0.2) is 21.5 Å². The van der Waals surface area contributed by atoms with Gasteiger partial charge in [-0.15, -0.1) is 0 Å². The minimum atomic E-state index is 0.0659. The van der Waals surface area contributed by atoms with Gasteiger partial charge in [0.2, 0.25) is 5.78 Å². The molecule has 1 aromatic carbocycles. The fraction of sp³-hybridized carbons (Fsp3) is 0.263. The number of aryl methyl sites for hydroxylation is 1. The topological polar surface area (TPSA) is 64.6 Å². The van der Waals surface area contributed by atoms with Crippen LogP contribution in [0.4, 0.5) is 0 Å². The number of ether oxygens (including phenoxy) is 1. The average molecular weight is 336 g/mol. The van der Waals surface area contributed by atoms with Gasteiger partial charge in [-0.05, 0) is 38.1 Å². The number of imidazole rings is 1. The van der Waals surface area contributed by atoms with Crippen LogP contribution in [-0.2, 0) is 6.54 Å². The molecule has 0 aliphatic carbocycles. The Morgan fingerprint density at radius 2 is 2.24 bits per heavy atom. The van der Waals surface area contributed by atoms with Gasteiger partial charge < -0.3 is 14.5 Å². The van der Waals surface area contributed by atoms with E-state index in [1.807, 2.05) is 41.1 Å². The number of nitrogens with one attached hydrogen (secondary N) is 1. The van der Waals surface area contributed by atoms with Crippen LogP contribution in [0.2, 0.25) is 0 Å². The average Bonchev–Trinajstić information content (AvgIpc) is 3.20. The molecule has 0 unspecified atom stereocenters. The zero-order valence-electron chi connectivity index (χ0n) is 14.5. The fourth-order valence-corrected chi connectivity index (χ4v) is 3.07. The summed E-state index contributed by atoms with van der Waals surface area (Å²) in [5, 5.41) is 4.56. The molecule has 1 N–H and O–H groups in total. The lowest BCUT2D eigenvalue weighted by Gasteiger charge is -2.11.